The maximum absolute atomic E-state index is 5.38. The molecule has 1 aromatic rings. The molecule has 0 atom stereocenters. The number of nitrogens with two attached hydrogens (primary N) is 2. The molecule has 0 aromatic heterocycles. The van der Waals surface area contributed by atoms with Crippen LogP contribution >= 0.6 is 11.8 Å². The van der Waals surface area contributed by atoms with Gasteiger partial charge in [-0.25, -0.2) is 10.8 Å². The largest absolute Gasteiger partial charge is 0.369 e. The SMILES string of the molecule is CSc1ccc(N=C(N)NN)cc1. The zero-order valence-electron chi connectivity index (χ0n) is 7.32. The number of hydrogen-bond acceptors (Lipinski definition) is 3. The lowest BCUT2D eigenvalue weighted by atomic mass is 10.3. The smallest absolute Gasteiger partial charge is 0.208 e. The maximum atomic E-state index is 5.38. The third-order valence-corrected chi connectivity index (χ3v) is 2.21. The van der Waals surface area contributed by atoms with Gasteiger partial charge in [-0.2, -0.15) is 0 Å². The van der Waals surface area contributed by atoms with Crippen LogP contribution in [0.5, 0.6) is 0 Å². The van der Waals surface area contributed by atoms with Crippen molar-refractivity contribution >= 4 is 23.4 Å². The Morgan fingerprint density at radius 3 is 2.46 bits per heavy atom. The molecule has 5 heteroatoms. The van der Waals surface area contributed by atoms with Gasteiger partial charge >= 0.3 is 0 Å². The van der Waals surface area contributed by atoms with Gasteiger partial charge in [0, 0.05) is 4.90 Å². The van der Waals surface area contributed by atoms with Crippen molar-refractivity contribution in [3.05, 3.63) is 24.3 Å². The van der Waals surface area contributed by atoms with Crippen LogP contribution < -0.4 is 17.0 Å². The van der Waals surface area contributed by atoms with Gasteiger partial charge in [-0.15, -0.1) is 11.8 Å². The number of nitrogens with zero attached hydrogens (tertiary/aromatic N) is 1. The van der Waals surface area contributed by atoms with E-state index in [4.69, 9.17) is 11.6 Å². The Labute approximate surface area is 81.4 Å². The molecule has 70 valence electrons. The molecule has 0 fully saturated rings. The molecular formula is C8H12N4S. The molecule has 5 N–H and O–H groups in total. The first-order chi connectivity index (χ1) is 6.26. The number of benzene rings is 1. The minimum atomic E-state index is 0.205. The van der Waals surface area contributed by atoms with Crippen LogP contribution in [0.25, 0.3) is 0 Å². The second-order valence-corrected chi connectivity index (χ2v) is 3.22. The molecule has 0 spiro atoms. The highest BCUT2D eigenvalue weighted by Crippen LogP contribution is 2.18. The van der Waals surface area contributed by atoms with Crippen LogP contribution in [-0.4, -0.2) is 12.2 Å². The molecule has 0 aliphatic carbocycles. The van der Waals surface area contributed by atoms with Crippen molar-refractivity contribution in [2.24, 2.45) is 16.6 Å². The van der Waals surface area contributed by atoms with Gasteiger partial charge in [0.1, 0.15) is 0 Å². The highest BCUT2D eigenvalue weighted by Gasteiger charge is 1.92. The summed E-state index contributed by atoms with van der Waals surface area (Å²) in [5.74, 6) is 5.27. The Hall–Kier alpha value is -1.20. The Morgan fingerprint density at radius 2 is 2.00 bits per heavy atom. The standard InChI is InChI=1S/C8H12N4S/c1-13-7-4-2-6(3-5-7)11-8(9)12-10/h2-5H,10H2,1H3,(H3,9,11,12). The van der Waals surface area contributed by atoms with Crippen molar-refractivity contribution in [1.29, 1.82) is 0 Å². The molecule has 0 aliphatic heterocycles. The molecule has 1 rings (SSSR count). The first-order valence-corrected chi connectivity index (χ1v) is 4.93. The van der Waals surface area contributed by atoms with E-state index in [-0.39, 0.29) is 5.96 Å². The Kier molecular flexibility index (Phi) is 3.60. The Morgan fingerprint density at radius 1 is 1.38 bits per heavy atom. The number of aliphatic imine (C=N–C) groups is 1. The van der Waals surface area contributed by atoms with Crippen LogP contribution in [0.2, 0.25) is 0 Å². The van der Waals surface area contributed by atoms with E-state index in [1.165, 1.54) is 4.90 Å². The van der Waals surface area contributed by atoms with E-state index in [9.17, 15) is 0 Å². The van der Waals surface area contributed by atoms with Crippen molar-refractivity contribution in [3.8, 4) is 0 Å². The lowest BCUT2D eigenvalue weighted by Gasteiger charge is -1.99. The van der Waals surface area contributed by atoms with Crippen LogP contribution in [0.1, 0.15) is 0 Å². The van der Waals surface area contributed by atoms with E-state index in [1.807, 2.05) is 30.5 Å². The molecule has 1 aromatic carbocycles. The molecule has 4 nitrogen and oxygen atoms in total. The predicted octanol–water partition coefficient (Wildman–Crippen LogP) is 0.818. The summed E-state index contributed by atoms with van der Waals surface area (Å²) in [4.78, 5) is 5.19. The molecule has 0 bridgehead atoms. The van der Waals surface area contributed by atoms with E-state index in [1.54, 1.807) is 11.8 Å². The van der Waals surface area contributed by atoms with Gasteiger partial charge in [-0.05, 0) is 30.5 Å². The minimum absolute atomic E-state index is 0.205. The topological polar surface area (TPSA) is 76.4 Å². The first-order valence-electron chi connectivity index (χ1n) is 3.71. The van der Waals surface area contributed by atoms with Crippen molar-refractivity contribution < 1.29 is 0 Å². The number of thioether (sulfide) groups is 1. The summed E-state index contributed by atoms with van der Waals surface area (Å²) in [6.45, 7) is 0. The zero-order valence-corrected chi connectivity index (χ0v) is 8.14. The minimum Gasteiger partial charge on any atom is -0.369 e. The van der Waals surface area contributed by atoms with Gasteiger partial charge in [0.05, 0.1) is 5.69 Å². The third kappa shape index (κ3) is 2.96. The van der Waals surface area contributed by atoms with Gasteiger partial charge in [0.15, 0.2) is 0 Å². The van der Waals surface area contributed by atoms with Crippen molar-refractivity contribution in [2.45, 2.75) is 4.90 Å². The molecular weight excluding hydrogens is 184 g/mol. The van der Waals surface area contributed by atoms with Gasteiger partial charge in [0.2, 0.25) is 5.96 Å². The molecule has 0 amide bonds. The highest BCUT2D eigenvalue weighted by molar-refractivity contribution is 7.98. The normalized spacial score (nSPS) is 11.4. The van der Waals surface area contributed by atoms with Crippen LogP contribution in [0.3, 0.4) is 0 Å². The van der Waals surface area contributed by atoms with E-state index in [0.717, 1.165) is 5.69 Å². The van der Waals surface area contributed by atoms with Gasteiger partial charge < -0.3 is 5.73 Å². The fraction of sp³-hybridized carbons (Fsp3) is 0.125. The second-order valence-electron chi connectivity index (χ2n) is 2.34. The Balaban J connectivity index is 2.80. The van der Waals surface area contributed by atoms with E-state index in [0.29, 0.717) is 0 Å². The lowest BCUT2D eigenvalue weighted by Crippen LogP contribution is -2.36. The first kappa shape index (κ1) is 9.88. The van der Waals surface area contributed by atoms with Crippen LogP contribution in [0.15, 0.2) is 34.2 Å². The van der Waals surface area contributed by atoms with Crippen molar-refractivity contribution in [3.63, 3.8) is 0 Å². The van der Waals surface area contributed by atoms with E-state index in [2.05, 4.69) is 10.4 Å². The average molecular weight is 196 g/mol. The van der Waals surface area contributed by atoms with Crippen LogP contribution in [0, 0.1) is 0 Å². The molecule has 0 aliphatic rings. The second kappa shape index (κ2) is 4.74. The van der Waals surface area contributed by atoms with E-state index >= 15 is 0 Å². The monoisotopic (exact) mass is 196 g/mol. The number of hydrazine groups is 1. The molecule has 0 saturated heterocycles. The zero-order chi connectivity index (χ0) is 9.68. The molecule has 0 saturated carbocycles. The number of hydrogen-bond donors (Lipinski definition) is 3. The lowest BCUT2D eigenvalue weighted by molar-refractivity contribution is 1.01. The third-order valence-electron chi connectivity index (χ3n) is 1.47. The van der Waals surface area contributed by atoms with Gasteiger partial charge in [0.25, 0.3) is 0 Å². The number of guanidine groups is 1. The van der Waals surface area contributed by atoms with Gasteiger partial charge in [-0.3, -0.25) is 5.43 Å². The molecule has 13 heavy (non-hydrogen) atoms. The fourth-order valence-electron chi connectivity index (χ4n) is 0.828. The fourth-order valence-corrected chi connectivity index (χ4v) is 1.24. The highest BCUT2D eigenvalue weighted by atomic mass is 32.2. The number of rotatable bonds is 2. The van der Waals surface area contributed by atoms with Crippen LogP contribution in [-0.2, 0) is 0 Å². The van der Waals surface area contributed by atoms with Crippen LogP contribution in [0.4, 0.5) is 5.69 Å². The van der Waals surface area contributed by atoms with Gasteiger partial charge in [-0.1, -0.05) is 0 Å². The quantitative estimate of drug-likeness (QED) is 0.215. The van der Waals surface area contributed by atoms with Crippen molar-refractivity contribution in [2.75, 3.05) is 6.26 Å². The summed E-state index contributed by atoms with van der Waals surface area (Å²) in [7, 11) is 0. The summed E-state index contributed by atoms with van der Waals surface area (Å²) in [5, 5.41) is 0. The molecule has 0 heterocycles. The average Bonchev–Trinajstić information content (AvgIpc) is 2.19. The van der Waals surface area contributed by atoms with E-state index < -0.39 is 0 Å². The number of nitrogens with one attached hydrogen (secondary N) is 1. The summed E-state index contributed by atoms with van der Waals surface area (Å²) in [6.07, 6.45) is 2.02. The summed E-state index contributed by atoms with van der Waals surface area (Å²) in [5.41, 5.74) is 8.43. The maximum Gasteiger partial charge on any atom is 0.208 e. The molecule has 0 radical (unpaired) electrons. The molecule has 0 unspecified atom stereocenters. The Bertz CT molecular complexity index is 294. The summed E-state index contributed by atoms with van der Waals surface area (Å²) >= 11 is 1.68. The summed E-state index contributed by atoms with van der Waals surface area (Å²) < 4.78 is 0. The summed E-state index contributed by atoms with van der Waals surface area (Å²) in [6, 6.07) is 7.73. The predicted molar refractivity (Wildman–Crippen MR) is 56.8 cm³/mol. The van der Waals surface area contributed by atoms with Crippen molar-refractivity contribution in [1.82, 2.24) is 5.43 Å².